The molecule has 0 unspecified atom stereocenters. The minimum Gasteiger partial charge on any atom is -0.368 e. The summed E-state index contributed by atoms with van der Waals surface area (Å²) < 4.78 is 29.6. The van der Waals surface area contributed by atoms with Crippen molar-refractivity contribution in [2.24, 2.45) is 4.99 Å². The Bertz CT molecular complexity index is 884. The summed E-state index contributed by atoms with van der Waals surface area (Å²) in [7, 11) is -3.14. The summed E-state index contributed by atoms with van der Waals surface area (Å²) in [5, 5.41) is 0.950. The van der Waals surface area contributed by atoms with Crippen molar-refractivity contribution in [2.75, 3.05) is 23.0 Å². The molecule has 1 amide bonds. The maximum Gasteiger partial charge on any atom is 0.277 e. The first-order chi connectivity index (χ1) is 12.4. The van der Waals surface area contributed by atoms with E-state index in [0.29, 0.717) is 33.9 Å². The van der Waals surface area contributed by atoms with Crippen LogP contribution < -0.4 is 4.90 Å². The van der Waals surface area contributed by atoms with Crippen LogP contribution in [0.2, 0.25) is 10.0 Å². The molecule has 1 aromatic rings. The fourth-order valence-electron chi connectivity index (χ4n) is 3.46. The molecule has 3 fully saturated rings. The second kappa shape index (κ2) is 6.98. The number of amidine groups is 1. The third kappa shape index (κ3) is 3.38. The monoisotopic (exact) mass is 434 g/mol. The van der Waals surface area contributed by atoms with Crippen LogP contribution in [0, 0.1) is 0 Å². The van der Waals surface area contributed by atoms with Crippen molar-refractivity contribution in [2.45, 2.75) is 30.2 Å². The number of thioether (sulfide) groups is 1. The van der Waals surface area contributed by atoms with Crippen molar-refractivity contribution < 1.29 is 17.9 Å². The lowest BCUT2D eigenvalue weighted by Gasteiger charge is -2.26. The summed E-state index contributed by atoms with van der Waals surface area (Å²) in [5.74, 6) is -0.277. The van der Waals surface area contributed by atoms with E-state index in [1.807, 2.05) is 0 Å². The Balaban J connectivity index is 1.73. The van der Waals surface area contributed by atoms with Crippen LogP contribution in [-0.2, 0) is 19.4 Å². The topological polar surface area (TPSA) is 76.0 Å². The summed E-state index contributed by atoms with van der Waals surface area (Å²) in [5.41, 5.74) is 0.565. The summed E-state index contributed by atoms with van der Waals surface area (Å²) in [6.45, 7) is 0.557. The Kier molecular flexibility index (Phi) is 4.98. The van der Waals surface area contributed by atoms with Gasteiger partial charge in [-0.15, -0.1) is 0 Å². The van der Waals surface area contributed by atoms with Gasteiger partial charge in [0.1, 0.15) is 6.10 Å². The minimum atomic E-state index is -3.14. The number of aliphatic imine (C=N–C) groups is 1. The van der Waals surface area contributed by atoms with Gasteiger partial charge >= 0.3 is 0 Å². The first kappa shape index (κ1) is 18.6. The Hall–Kier alpha value is -0.800. The Morgan fingerprint density at radius 2 is 2.12 bits per heavy atom. The zero-order chi connectivity index (χ0) is 18.5. The number of hydrogen-bond acceptors (Lipinski definition) is 5. The average molecular weight is 435 g/mol. The second-order valence-corrected chi connectivity index (χ2v) is 10.6. The molecule has 3 aliphatic rings. The quantitative estimate of drug-likeness (QED) is 0.711. The van der Waals surface area contributed by atoms with Crippen LogP contribution in [0.1, 0.15) is 12.8 Å². The number of ether oxygens (including phenoxy) is 1. The number of carbonyl (C=O) groups is 1. The van der Waals surface area contributed by atoms with Crippen molar-refractivity contribution in [3.8, 4) is 0 Å². The molecule has 3 heterocycles. The van der Waals surface area contributed by atoms with E-state index >= 15 is 0 Å². The van der Waals surface area contributed by atoms with Crippen LogP contribution >= 0.6 is 35.0 Å². The van der Waals surface area contributed by atoms with E-state index in [-0.39, 0.29) is 28.7 Å². The Morgan fingerprint density at radius 3 is 2.85 bits per heavy atom. The average Bonchev–Trinajstić information content (AvgIpc) is 3.25. The van der Waals surface area contributed by atoms with E-state index in [1.165, 1.54) is 11.8 Å². The molecule has 6 nitrogen and oxygen atoms in total. The maximum atomic E-state index is 12.4. The molecular weight excluding hydrogens is 419 g/mol. The predicted molar refractivity (Wildman–Crippen MR) is 104 cm³/mol. The van der Waals surface area contributed by atoms with Crippen LogP contribution in [-0.4, -0.2) is 55.0 Å². The number of fused-ring (bicyclic) bond motifs is 1. The van der Waals surface area contributed by atoms with Crippen molar-refractivity contribution in [1.29, 1.82) is 0 Å². The third-order valence-electron chi connectivity index (χ3n) is 4.67. The van der Waals surface area contributed by atoms with Crippen LogP contribution in [0.25, 0.3) is 0 Å². The van der Waals surface area contributed by atoms with Crippen LogP contribution in [0.3, 0.4) is 0 Å². The van der Waals surface area contributed by atoms with E-state index in [4.69, 9.17) is 27.9 Å². The molecular formula is C16H16Cl2N2O4S2. The molecule has 26 heavy (non-hydrogen) atoms. The highest BCUT2D eigenvalue weighted by Gasteiger charge is 2.50. The van der Waals surface area contributed by atoms with Crippen LogP contribution in [0.4, 0.5) is 5.69 Å². The van der Waals surface area contributed by atoms with E-state index < -0.39 is 15.9 Å². The molecule has 3 saturated heterocycles. The van der Waals surface area contributed by atoms with E-state index in [0.717, 1.165) is 6.42 Å². The summed E-state index contributed by atoms with van der Waals surface area (Å²) in [6.07, 6.45) is 0.963. The molecule has 0 saturated carbocycles. The zero-order valence-electron chi connectivity index (χ0n) is 13.6. The van der Waals surface area contributed by atoms with Crippen molar-refractivity contribution >= 4 is 61.6 Å². The fraction of sp³-hybridized carbons (Fsp3) is 0.500. The number of benzene rings is 1. The number of sulfone groups is 1. The molecule has 0 bridgehead atoms. The molecule has 3 atom stereocenters. The fourth-order valence-corrected chi connectivity index (χ4v) is 7.76. The predicted octanol–water partition coefficient (Wildman–Crippen LogP) is 2.77. The van der Waals surface area contributed by atoms with Gasteiger partial charge in [-0.05, 0) is 25.0 Å². The lowest BCUT2D eigenvalue weighted by Crippen LogP contribution is -2.38. The van der Waals surface area contributed by atoms with Gasteiger partial charge in [0.25, 0.3) is 5.91 Å². The SMILES string of the molecule is O=C(N=C1S[C@@H]2CS(=O)(=O)C[C@@H]2N1c1cccc(Cl)c1Cl)[C@@H]1CCCO1. The molecule has 0 spiro atoms. The number of carbonyl (C=O) groups excluding carboxylic acids is 1. The van der Waals surface area contributed by atoms with Gasteiger partial charge in [-0.3, -0.25) is 4.79 Å². The second-order valence-electron chi connectivity index (χ2n) is 6.48. The normalized spacial score (nSPS) is 31.5. The molecule has 1 aromatic carbocycles. The third-order valence-corrected chi connectivity index (χ3v) is 8.69. The van der Waals surface area contributed by atoms with Gasteiger partial charge in [0, 0.05) is 11.9 Å². The first-order valence-electron chi connectivity index (χ1n) is 8.20. The first-order valence-corrected chi connectivity index (χ1v) is 11.7. The number of hydrogen-bond donors (Lipinski definition) is 0. The minimum absolute atomic E-state index is 0.000643. The van der Waals surface area contributed by atoms with Gasteiger partial charge in [0.15, 0.2) is 15.0 Å². The van der Waals surface area contributed by atoms with Gasteiger partial charge in [-0.2, -0.15) is 4.99 Å². The van der Waals surface area contributed by atoms with Crippen LogP contribution in [0.5, 0.6) is 0 Å². The Morgan fingerprint density at radius 1 is 1.31 bits per heavy atom. The number of anilines is 1. The standard InChI is InChI=1S/C16H16Cl2N2O4S2/c17-9-3-1-4-10(14(9)18)20-11-7-26(22,23)8-13(11)25-16(20)19-15(21)12-5-2-6-24-12/h1,3-4,11-13H,2,5-8H2/t11-,12-,13+/m0/s1. The number of rotatable bonds is 2. The largest absolute Gasteiger partial charge is 0.368 e. The molecule has 0 N–H and O–H groups in total. The number of halogens is 2. The number of nitrogens with zero attached hydrogens (tertiary/aromatic N) is 2. The van der Waals surface area contributed by atoms with E-state index in [1.54, 1.807) is 23.1 Å². The van der Waals surface area contributed by atoms with Crippen LogP contribution in [0.15, 0.2) is 23.2 Å². The van der Waals surface area contributed by atoms with E-state index in [2.05, 4.69) is 4.99 Å². The van der Waals surface area contributed by atoms with Gasteiger partial charge in [-0.25, -0.2) is 8.42 Å². The van der Waals surface area contributed by atoms with Gasteiger partial charge in [0.2, 0.25) is 0 Å². The maximum absolute atomic E-state index is 12.4. The molecule has 0 aromatic heterocycles. The van der Waals surface area contributed by atoms with Crippen molar-refractivity contribution in [3.05, 3.63) is 28.2 Å². The lowest BCUT2D eigenvalue weighted by molar-refractivity contribution is -0.126. The Labute approximate surface area is 165 Å². The lowest BCUT2D eigenvalue weighted by atomic mass is 10.2. The summed E-state index contributed by atoms with van der Waals surface area (Å²) in [6, 6.07) is 4.84. The van der Waals surface area contributed by atoms with Crippen molar-refractivity contribution in [1.82, 2.24) is 0 Å². The molecule has 4 rings (SSSR count). The van der Waals surface area contributed by atoms with Gasteiger partial charge < -0.3 is 9.64 Å². The summed E-state index contributed by atoms with van der Waals surface area (Å²) in [4.78, 5) is 18.5. The summed E-state index contributed by atoms with van der Waals surface area (Å²) >= 11 is 13.8. The van der Waals surface area contributed by atoms with Crippen molar-refractivity contribution in [3.63, 3.8) is 0 Å². The molecule has 10 heteroatoms. The van der Waals surface area contributed by atoms with E-state index in [9.17, 15) is 13.2 Å². The smallest absolute Gasteiger partial charge is 0.277 e. The highest BCUT2D eigenvalue weighted by atomic mass is 35.5. The zero-order valence-corrected chi connectivity index (χ0v) is 16.7. The molecule has 140 valence electrons. The highest BCUT2D eigenvalue weighted by Crippen LogP contribution is 2.44. The highest BCUT2D eigenvalue weighted by molar-refractivity contribution is 8.16. The molecule has 0 radical (unpaired) electrons. The number of amides is 1. The van der Waals surface area contributed by atoms with Gasteiger partial charge in [0.05, 0.1) is 33.3 Å². The molecule has 3 aliphatic heterocycles. The van der Waals surface area contributed by atoms with Gasteiger partial charge in [-0.1, -0.05) is 41.0 Å². The molecule has 0 aliphatic carbocycles.